The molecular weight excluding hydrogens is 198 g/mol. The van der Waals surface area contributed by atoms with Crippen LogP contribution in [-0.4, -0.2) is 43.9 Å². The molecule has 0 aliphatic heterocycles. The van der Waals surface area contributed by atoms with Gasteiger partial charge in [0.1, 0.15) is 12.9 Å². The molecule has 0 saturated heterocycles. The van der Waals surface area contributed by atoms with Crippen molar-refractivity contribution in [3.63, 3.8) is 0 Å². The Bertz CT molecular complexity index is 322. The minimum Gasteiger partial charge on any atom is -0.391 e. The number of rotatable bonds is 5. The van der Waals surface area contributed by atoms with Crippen molar-refractivity contribution in [2.75, 3.05) is 6.54 Å². The summed E-state index contributed by atoms with van der Waals surface area (Å²) < 4.78 is 1.33. The van der Waals surface area contributed by atoms with Gasteiger partial charge >= 0.3 is 0 Å². The molecule has 0 aromatic carbocycles. The summed E-state index contributed by atoms with van der Waals surface area (Å²) in [4.78, 5) is 11.3. The molecular formula is C8H13N5O2. The zero-order valence-corrected chi connectivity index (χ0v) is 8.20. The van der Waals surface area contributed by atoms with Crippen LogP contribution in [0.4, 0.5) is 0 Å². The molecule has 1 amide bonds. The van der Waals surface area contributed by atoms with Crippen LogP contribution in [0, 0.1) is 5.92 Å². The average Bonchev–Trinajstić information content (AvgIpc) is 2.95. The van der Waals surface area contributed by atoms with Gasteiger partial charge in [-0.15, -0.1) is 5.10 Å². The van der Waals surface area contributed by atoms with E-state index >= 15 is 0 Å². The van der Waals surface area contributed by atoms with E-state index in [1.165, 1.54) is 11.0 Å². The van der Waals surface area contributed by atoms with E-state index < -0.39 is 6.10 Å². The van der Waals surface area contributed by atoms with Gasteiger partial charge in [0.2, 0.25) is 5.91 Å². The number of aliphatic hydroxyl groups is 1. The molecule has 1 heterocycles. The van der Waals surface area contributed by atoms with Crippen LogP contribution in [0.25, 0.3) is 0 Å². The second kappa shape index (κ2) is 4.35. The van der Waals surface area contributed by atoms with E-state index in [0.29, 0.717) is 12.5 Å². The van der Waals surface area contributed by atoms with Crippen molar-refractivity contribution >= 4 is 5.91 Å². The highest BCUT2D eigenvalue weighted by Crippen LogP contribution is 2.32. The number of hydrogen-bond donors (Lipinski definition) is 2. The Morgan fingerprint density at radius 2 is 2.47 bits per heavy atom. The fraction of sp³-hybridized carbons (Fsp3) is 0.750. The van der Waals surface area contributed by atoms with Gasteiger partial charge in [0.15, 0.2) is 0 Å². The number of amides is 1. The second-order valence-corrected chi connectivity index (χ2v) is 3.72. The number of nitrogens with zero attached hydrogens (tertiary/aromatic N) is 4. The Hall–Kier alpha value is -1.50. The van der Waals surface area contributed by atoms with Crippen LogP contribution < -0.4 is 5.32 Å². The fourth-order valence-corrected chi connectivity index (χ4v) is 1.32. The maximum Gasteiger partial charge on any atom is 0.241 e. The Labute approximate surface area is 86.5 Å². The van der Waals surface area contributed by atoms with E-state index in [2.05, 4.69) is 20.8 Å². The molecule has 0 bridgehead atoms. The van der Waals surface area contributed by atoms with Gasteiger partial charge in [-0.2, -0.15) is 0 Å². The fourth-order valence-electron chi connectivity index (χ4n) is 1.32. The van der Waals surface area contributed by atoms with Crippen LogP contribution in [0.2, 0.25) is 0 Å². The number of hydrogen-bond acceptors (Lipinski definition) is 5. The van der Waals surface area contributed by atoms with Crippen LogP contribution in [-0.2, 0) is 11.3 Å². The Kier molecular flexibility index (Phi) is 2.91. The predicted octanol–water partition coefficient (Wildman–Crippen LogP) is -1.44. The number of carbonyl (C=O) groups excluding carboxylic acids is 1. The summed E-state index contributed by atoms with van der Waals surface area (Å²) >= 11 is 0. The first kappa shape index (κ1) is 10.0. The lowest BCUT2D eigenvalue weighted by Crippen LogP contribution is -2.35. The minimum absolute atomic E-state index is 0.0877. The van der Waals surface area contributed by atoms with Crippen LogP contribution in [0.15, 0.2) is 6.33 Å². The van der Waals surface area contributed by atoms with Crippen LogP contribution in [0.1, 0.15) is 12.8 Å². The molecule has 0 radical (unpaired) electrons. The Morgan fingerprint density at radius 3 is 3.07 bits per heavy atom. The van der Waals surface area contributed by atoms with E-state index in [1.807, 2.05) is 0 Å². The molecule has 7 heteroatoms. The minimum atomic E-state index is -0.414. The van der Waals surface area contributed by atoms with Gasteiger partial charge in [-0.1, -0.05) is 0 Å². The summed E-state index contributed by atoms with van der Waals surface area (Å²) in [5.74, 6) is 0.181. The number of tetrazole rings is 1. The van der Waals surface area contributed by atoms with Gasteiger partial charge in [0.05, 0.1) is 6.10 Å². The van der Waals surface area contributed by atoms with Gasteiger partial charge < -0.3 is 10.4 Å². The van der Waals surface area contributed by atoms with Gasteiger partial charge in [-0.3, -0.25) is 4.79 Å². The van der Waals surface area contributed by atoms with Crippen molar-refractivity contribution in [3.8, 4) is 0 Å². The molecule has 1 aromatic rings. The number of nitrogens with one attached hydrogen (secondary N) is 1. The molecule has 1 aliphatic rings. The molecule has 1 saturated carbocycles. The quantitative estimate of drug-likeness (QED) is 0.622. The SMILES string of the molecule is O=C(Cn1cnnn1)NCC(O)C1CC1. The maximum atomic E-state index is 11.3. The number of aliphatic hydroxyl groups excluding tert-OH is 1. The zero-order valence-electron chi connectivity index (χ0n) is 8.20. The Balaban J connectivity index is 1.68. The highest BCUT2D eigenvalue weighted by molar-refractivity contribution is 5.75. The van der Waals surface area contributed by atoms with Gasteiger partial charge in [-0.05, 0) is 29.2 Å². The highest BCUT2D eigenvalue weighted by atomic mass is 16.3. The maximum absolute atomic E-state index is 11.3. The molecule has 15 heavy (non-hydrogen) atoms. The molecule has 1 atom stereocenters. The summed E-state index contributed by atoms with van der Waals surface area (Å²) in [6.45, 7) is 0.399. The van der Waals surface area contributed by atoms with Crippen molar-refractivity contribution in [2.45, 2.75) is 25.5 Å². The lowest BCUT2D eigenvalue weighted by atomic mass is 10.2. The normalized spacial score (nSPS) is 17.4. The summed E-state index contributed by atoms with van der Waals surface area (Å²) in [6.07, 6.45) is 3.08. The van der Waals surface area contributed by atoms with E-state index in [4.69, 9.17) is 0 Å². The largest absolute Gasteiger partial charge is 0.391 e. The third-order valence-corrected chi connectivity index (χ3v) is 2.37. The lowest BCUT2D eigenvalue weighted by molar-refractivity contribution is -0.122. The molecule has 2 rings (SSSR count). The van der Waals surface area contributed by atoms with E-state index in [-0.39, 0.29) is 12.5 Å². The first-order valence-electron chi connectivity index (χ1n) is 4.91. The molecule has 82 valence electrons. The summed E-state index contributed by atoms with van der Waals surface area (Å²) in [5.41, 5.74) is 0. The molecule has 1 unspecified atom stereocenters. The topological polar surface area (TPSA) is 92.9 Å². The summed E-state index contributed by atoms with van der Waals surface area (Å²) in [7, 11) is 0. The monoisotopic (exact) mass is 211 g/mol. The first-order valence-corrected chi connectivity index (χ1v) is 4.91. The third kappa shape index (κ3) is 2.98. The standard InChI is InChI=1S/C8H13N5O2/c14-7(6-1-2-6)3-9-8(15)4-13-5-10-11-12-13/h5-7,14H,1-4H2,(H,9,15). The second-order valence-electron chi connectivity index (χ2n) is 3.72. The summed E-state index contributed by atoms with van der Waals surface area (Å²) in [5, 5.41) is 22.5. The molecule has 1 aliphatic carbocycles. The number of carbonyl (C=O) groups is 1. The van der Waals surface area contributed by atoms with E-state index in [9.17, 15) is 9.90 Å². The average molecular weight is 211 g/mol. The van der Waals surface area contributed by atoms with Crippen LogP contribution in [0.3, 0.4) is 0 Å². The van der Waals surface area contributed by atoms with Crippen molar-refractivity contribution < 1.29 is 9.90 Å². The van der Waals surface area contributed by atoms with Crippen molar-refractivity contribution in [1.82, 2.24) is 25.5 Å². The zero-order chi connectivity index (χ0) is 10.7. The smallest absolute Gasteiger partial charge is 0.241 e. The molecule has 7 nitrogen and oxygen atoms in total. The van der Waals surface area contributed by atoms with Gasteiger partial charge in [-0.25, -0.2) is 4.68 Å². The Morgan fingerprint density at radius 1 is 1.67 bits per heavy atom. The molecule has 0 spiro atoms. The number of aromatic nitrogens is 4. The van der Waals surface area contributed by atoms with Crippen LogP contribution >= 0.6 is 0 Å². The van der Waals surface area contributed by atoms with Crippen molar-refractivity contribution in [3.05, 3.63) is 6.33 Å². The van der Waals surface area contributed by atoms with Crippen molar-refractivity contribution in [1.29, 1.82) is 0 Å². The van der Waals surface area contributed by atoms with Gasteiger partial charge in [0.25, 0.3) is 0 Å². The molecule has 1 aromatic heterocycles. The molecule has 2 N–H and O–H groups in total. The van der Waals surface area contributed by atoms with E-state index in [0.717, 1.165) is 12.8 Å². The summed E-state index contributed by atoms with van der Waals surface area (Å²) in [6, 6.07) is 0. The van der Waals surface area contributed by atoms with Gasteiger partial charge in [0, 0.05) is 6.54 Å². The lowest BCUT2D eigenvalue weighted by Gasteiger charge is -2.09. The molecule has 1 fully saturated rings. The predicted molar refractivity (Wildman–Crippen MR) is 49.6 cm³/mol. The van der Waals surface area contributed by atoms with Crippen molar-refractivity contribution in [2.24, 2.45) is 5.92 Å². The third-order valence-electron chi connectivity index (χ3n) is 2.37. The van der Waals surface area contributed by atoms with E-state index in [1.54, 1.807) is 0 Å². The van der Waals surface area contributed by atoms with Crippen LogP contribution in [0.5, 0.6) is 0 Å². The first-order chi connectivity index (χ1) is 7.25. The highest BCUT2D eigenvalue weighted by Gasteiger charge is 2.29.